The zero-order valence-corrected chi connectivity index (χ0v) is 16.6. The third-order valence-corrected chi connectivity index (χ3v) is 5.80. The van der Waals surface area contributed by atoms with E-state index < -0.39 is 5.82 Å². The molecular weight excluding hydrogens is 375 g/mol. The number of benzene rings is 2. The Kier molecular flexibility index (Phi) is 5.62. The molecule has 0 radical (unpaired) electrons. The van der Waals surface area contributed by atoms with Crippen LogP contribution in [0.2, 0.25) is 5.02 Å². The largest absolute Gasteiger partial charge is 0.366 e. The zero-order chi connectivity index (χ0) is 19.5. The predicted octanol–water partition coefficient (Wildman–Crippen LogP) is 6.55. The quantitative estimate of drug-likeness (QED) is 0.494. The molecule has 1 fully saturated rings. The summed E-state index contributed by atoms with van der Waals surface area (Å²) in [6.45, 7) is 2.22. The highest BCUT2D eigenvalue weighted by Gasteiger charge is 2.24. The number of halogens is 2. The molecule has 2 N–H and O–H groups in total. The Hall–Kier alpha value is -2.40. The topological polar surface area (TPSA) is 49.8 Å². The van der Waals surface area contributed by atoms with Crippen molar-refractivity contribution in [2.75, 3.05) is 10.6 Å². The van der Waals surface area contributed by atoms with Gasteiger partial charge >= 0.3 is 0 Å². The lowest BCUT2D eigenvalue weighted by atomic mass is 9.96. The van der Waals surface area contributed by atoms with Gasteiger partial charge in [0.15, 0.2) is 0 Å². The van der Waals surface area contributed by atoms with Crippen molar-refractivity contribution in [2.45, 2.75) is 45.1 Å². The van der Waals surface area contributed by atoms with Crippen LogP contribution in [0.5, 0.6) is 0 Å². The first-order chi connectivity index (χ1) is 13.6. The molecule has 1 aromatic heterocycles. The van der Waals surface area contributed by atoms with Crippen molar-refractivity contribution in [3.05, 3.63) is 53.3 Å². The average Bonchev–Trinajstić information content (AvgIpc) is 3.23. The highest BCUT2D eigenvalue weighted by Crippen LogP contribution is 2.32. The van der Waals surface area contributed by atoms with E-state index in [1.165, 1.54) is 37.8 Å². The van der Waals surface area contributed by atoms with E-state index in [1.54, 1.807) is 6.07 Å². The molecule has 2 aromatic carbocycles. The van der Waals surface area contributed by atoms with Crippen molar-refractivity contribution in [2.24, 2.45) is 5.92 Å². The molecule has 0 unspecified atom stereocenters. The summed E-state index contributed by atoms with van der Waals surface area (Å²) in [5.74, 6) is 1.53. The lowest BCUT2D eigenvalue weighted by Crippen LogP contribution is -2.27. The Morgan fingerprint density at radius 2 is 1.93 bits per heavy atom. The summed E-state index contributed by atoms with van der Waals surface area (Å²) in [6.07, 6.45) is 6.22. The van der Waals surface area contributed by atoms with Gasteiger partial charge in [0, 0.05) is 17.1 Å². The van der Waals surface area contributed by atoms with Gasteiger partial charge in [-0.15, -0.1) is 0 Å². The number of hydrogen-bond donors (Lipinski definition) is 2. The van der Waals surface area contributed by atoms with E-state index in [1.807, 2.05) is 24.3 Å². The van der Waals surface area contributed by atoms with Gasteiger partial charge in [-0.05, 0) is 55.5 Å². The first kappa shape index (κ1) is 18.9. The molecular formula is C22H24ClFN4. The van der Waals surface area contributed by atoms with Crippen LogP contribution in [-0.2, 0) is 0 Å². The fourth-order valence-corrected chi connectivity index (χ4v) is 4.21. The maximum atomic E-state index is 13.4. The summed E-state index contributed by atoms with van der Waals surface area (Å²) in [7, 11) is 0. The fourth-order valence-electron chi connectivity index (χ4n) is 4.03. The van der Waals surface area contributed by atoms with Gasteiger partial charge in [-0.1, -0.05) is 43.5 Å². The van der Waals surface area contributed by atoms with Crippen LogP contribution in [0.1, 0.15) is 39.0 Å². The lowest BCUT2D eigenvalue weighted by Gasteiger charge is -2.25. The number of para-hydroxylation sites is 1. The third kappa shape index (κ3) is 4.04. The van der Waals surface area contributed by atoms with Crippen LogP contribution in [0.15, 0.2) is 42.5 Å². The summed E-state index contributed by atoms with van der Waals surface area (Å²) in [5, 5.41) is 7.90. The van der Waals surface area contributed by atoms with Gasteiger partial charge in [0.2, 0.25) is 5.95 Å². The number of hydrogen-bond acceptors (Lipinski definition) is 4. The summed E-state index contributed by atoms with van der Waals surface area (Å²) in [6, 6.07) is 12.9. The third-order valence-electron chi connectivity index (χ3n) is 5.51. The monoisotopic (exact) mass is 398 g/mol. The van der Waals surface area contributed by atoms with E-state index in [0.717, 1.165) is 23.1 Å². The van der Waals surface area contributed by atoms with Crippen molar-refractivity contribution >= 4 is 40.0 Å². The summed E-state index contributed by atoms with van der Waals surface area (Å²) in [4.78, 5) is 9.35. The van der Waals surface area contributed by atoms with Crippen LogP contribution < -0.4 is 10.6 Å². The molecule has 1 aliphatic rings. The Labute approximate surface area is 169 Å². The van der Waals surface area contributed by atoms with Crippen molar-refractivity contribution in [3.8, 4) is 0 Å². The molecule has 3 aromatic rings. The molecule has 0 amide bonds. The summed E-state index contributed by atoms with van der Waals surface area (Å²) in [5.41, 5.74) is 1.51. The minimum absolute atomic E-state index is 0.0661. The van der Waals surface area contributed by atoms with Crippen LogP contribution in [0.25, 0.3) is 10.9 Å². The van der Waals surface area contributed by atoms with Gasteiger partial charge < -0.3 is 10.6 Å². The van der Waals surface area contributed by atoms with Crippen LogP contribution in [0.3, 0.4) is 0 Å². The molecule has 0 bridgehead atoms. The van der Waals surface area contributed by atoms with Gasteiger partial charge in [0.05, 0.1) is 10.5 Å². The molecule has 0 saturated heterocycles. The number of anilines is 3. The standard InChI is InChI=1S/C22H24ClFN4/c1-2-19(14-7-3-4-8-14)26-21-16-9-5-6-10-20(16)27-22(28-21)25-15-11-12-18(24)17(23)13-15/h5-6,9-14,19H,2-4,7-8H2,1H3,(H2,25,26,27,28)/t19-/m1/s1. The molecule has 4 rings (SSSR count). The average molecular weight is 399 g/mol. The number of aromatic nitrogens is 2. The number of nitrogens with zero attached hydrogens (tertiary/aromatic N) is 2. The summed E-state index contributed by atoms with van der Waals surface area (Å²) >= 11 is 5.90. The second-order valence-corrected chi connectivity index (χ2v) is 7.78. The highest BCUT2D eigenvalue weighted by atomic mass is 35.5. The minimum atomic E-state index is -0.448. The van der Waals surface area contributed by atoms with Crippen molar-refractivity contribution in [1.82, 2.24) is 9.97 Å². The number of nitrogens with one attached hydrogen (secondary N) is 2. The van der Waals surface area contributed by atoms with Gasteiger partial charge in [-0.3, -0.25) is 0 Å². The van der Waals surface area contributed by atoms with E-state index in [2.05, 4.69) is 22.5 Å². The molecule has 28 heavy (non-hydrogen) atoms. The molecule has 1 aliphatic carbocycles. The second-order valence-electron chi connectivity index (χ2n) is 7.37. The minimum Gasteiger partial charge on any atom is -0.366 e. The van der Waals surface area contributed by atoms with E-state index in [0.29, 0.717) is 23.6 Å². The van der Waals surface area contributed by atoms with Crippen molar-refractivity contribution in [3.63, 3.8) is 0 Å². The van der Waals surface area contributed by atoms with E-state index in [9.17, 15) is 4.39 Å². The van der Waals surface area contributed by atoms with E-state index >= 15 is 0 Å². The Morgan fingerprint density at radius 1 is 1.14 bits per heavy atom. The molecule has 1 atom stereocenters. The molecule has 4 nitrogen and oxygen atoms in total. The normalized spacial score (nSPS) is 15.7. The molecule has 1 heterocycles. The van der Waals surface area contributed by atoms with Crippen LogP contribution in [-0.4, -0.2) is 16.0 Å². The SMILES string of the molecule is CC[C@@H](Nc1nc(Nc2ccc(F)c(Cl)c2)nc2ccccc12)C1CCCC1. The Balaban J connectivity index is 1.67. The summed E-state index contributed by atoms with van der Waals surface area (Å²) < 4.78 is 13.4. The van der Waals surface area contributed by atoms with Gasteiger partial charge in [-0.25, -0.2) is 9.37 Å². The van der Waals surface area contributed by atoms with Crippen LogP contribution in [0.4, 0.5) is 21.8 Å². The predicted molar refractivity (Wildman–Crippen MR) is 114 cm³/mol. The maximum absolute atomic E-state index is 13.4. The first-order valence-corrected chi connectivity index (χ1v) is 10.3. The molecule has 0 spiro atoms. The lowest BCUT2D eigenvalue weighted by molar-refractivity contribution is 0.446. The van der Waals surface area contributed by atoms with Crippen LogP contribution in [0, 0.1) is 11.7 Å². The van der Waals surface area contributed by atoms with Gasteiger partial charge in [-0.2, -0.15) is 4.98 Å². The molecule has 6 heteroatoms. The molecule has 0 aliphatic heterocycles. The van der Waals surface area contributed by atoms with Crippen molar-refractivity contribution < 1.29 is 4.39 Å². The Morgan fingerprint density at radius 3 is 2.68 bits per heavy atom. The maximum Gasteiger partial charge on any atom is 0.229 e. The molecule has 146 valence electrons. The molecule has 1 saturated carbocycles. The van der Waals surface area contributed by atoms with Gasteiger partial charge in [0.25, 0.3) is 0 Å². The van der Waals surface area contributed by atoms with E-state index in [-0.39, 0.29) is 5.02 Å². The Bertz CT molecular complexity index is 972. The fraction of sp³-hybridized carbons (Fsp3) is 0.364. The van der Waals surface area contributed by atoms with Crippen molar-refractivity contribution in [1.29, 1.82) is 0 Å². The van der Waals surface area contributed by atoms with E-state index in [4.69, 9.17) is 16.6 Å². The second kappa shape index (κ2) is 8.31. The number of fused-ring (bicyclic) bond motifs is 1. The highest BCUT2D eigenvalue weighted by molar-refractivity contribution is 6.31. The number of rotatable bonds is 6. The smallest absolute Gasteiger partial charge is 0.229 e. The zero-order valence-electron chi connectivity index (χ0n) is 15.9. The first-order valence-electron chi connectivity index (χ1n) is 9.89. The van der Waals surface area contributed by atoms with Crippen LogP contribution >= 0.6 is 11.6 Å². The van der Waals surface area contributed by atoms with Gasteiger partial charge in [0.1, 0.15) is 11.6 Å².